The van der Waals surface area contributed by atoms with Crippen LogP contribution in [0.3, 0.4) is 0 Å². The summed E-state index contributed by atoms with van der Waals surface area (Å²) in [6.45, 7) is 4.13. The predicted molar refractivity (Wildman–Crippen MR) is 210 cm³/mol. The first-order chi connectivity index (χ1) is 24.4. The Balaban J connectivity index is 4.23. The summed E-state index contributed by atoms with van der Waals surface area (Å²) in [5, 5.41) is 0. The van der Waals surface area contributed by atoms with Gasteiger partial charge in [-0.25, -0.2) is 4.57 Å². The number of rotatable bonds is 37. The van der Waals surface area contributed by atoms with Crippen molar-refractivity contribution in [1.29, 1.82) is 0 Å². The van der Waals surface area contributed by atoms with Crippen LogP contribution in [-0.2, 0) is 27.9 Å². The van der Waals surface area contributed by atoms with Crippen molar-refractivity contribution in [3.05, 3.63) is 60.9 Å². The van der Waals surface area contributed by atoms with Crippen LogP contribution in [-0.4, -0.2) is 43.3 Å². The molecule has 0 saturated heterocycles. The van der Waals surface area contributed by atoms with Gasteiger partial charge in [0.15, 0.2) is 6.10 Å². The Morgan fingerprint density at radius 3 is 1.66 bits per heavy atom. The molecule has 0 radical (unpaired) electrons. The molecule has 0 aromatic rings. The molecule has 0 bridgehead atoms. The van der Waals surface area contributed by atoms with E-state index in [0.717, 1.165) is 44.9 Å². The van der Waals surface area contributed by atoms with Gasteiger partial charge in [-0.3, -0.25) is 13.8 Å². The van der Waals surface area contributed by atoms with Crippen molar-refractivity contribution < 1.29 is 32.8 Å². The van der Waals surface area contributed by atoms with Crippen LogP contribution < -0.4 is 5.73 Å². The lowest BCUT2D eigenvalue weighted by molar-refractivity contribution is -0.153. The highest BCUT2D eigenvalue weighted by molar-refractivity contribution is 7.47. The number of esters is 1. The first-order valence-electron chi connectivity index (χ1n) is 19.8. The zero-order chi connectivity index (χ0) is 36.6. The number of ether oxygens (including phenoxy) is 2. The molecule has 8 nitrogen and oxygen atoms in total. The molecule has 1 unspecified atom stereocenters. The zero-order valence-corrected chi connectivity index (χ0v) is 32.8. The third-order valence-electron chi connectivity index (χ3n) is 7.97. The molecule has 0 saturated carbocycles. The largest absolute Gasteiger partial charge is 0.498 e. The number of phosphoric ester groups is 1. The van der Waals surface area contributed by atoms with E-state index in [2.05, 4.69) is 62.5 Å². The van der Waals surface area contributed by atoms with Gasteiger partial charge in [0.2, 0.25) is 0 Å². The van der Waals surface area contributed by atoms with Crippen LogP contribution in [0.4, 0.5) is 0 Å². The first-order valence-corrected chi connectivity index (χ1v) is 21.3. The van der Waals surface area contributed by atoms with E-state index >= 15 is 0 Å². The van der Waals surface area contributed by atoms with E-state index in [1.807, 2.05) is 6.08 Å². The van der Waals surface area contributed by atoms with Gasteiger partial charge in [0, 0.05) is 13.0 Å². The molecule has 3 N–H and O–H groups in total. The average Bonchev–Trinajstić information content (AvgIpc) is 3.10. The van der Waals surface area contributed by atoms with Gasteiger partial charge in [0.05, 0.1) is 19.5 Å². The second kappa shape index (κ2) is 38.3. The summed E-state index contributed by atoms with van der Waals surface area (Å²) in [5.41, 5.74) is 5.35. The van der Waals surface area contributed by atoms with Crippen LogP contribution in [0.5, 0.6) is 0 Å². The SMILES string of the molecule is CCCCC/C=C\C/C=C\C/C=C\CCCCC(=O)O[C@H](CO/C=C\CCCCCC/C=C\CCCCCCCC)COP(=O)(O)OCCN. The van der Waals surface area contributed by atoms with Gasteiger partial charge in [0.25, 0.3) is 0 Å². The van der Waals surface area contributed by atoms with Gasteiger partial charge in [0.1, 0.15) is 6.61 Å². The second-order valence-electron chi connectivity index (χ2n) is 12.8. The minimum absolute atomic E-state index is 0.00904. The molecule has 0 aliphatic heterocycles. The van der Waals surface area contributed by atoms with Gasteiger partial charge in [-0.15, -0.1) is 0 Å². The predicted octanol–water partition coefficient (Wildman–Crippen LogP) is 11.8. The van der Waals surface area contributed by atoms with E-state index in [-0.39, 0.29) is 32.8 Å². The van der Waals surface area contributed by atoms with Crippen molar-refractivity contribution in [3.8, 4) is 0 Å². The van der Waals surface area contributed by atoms with Crippen LogP contribution >= 0.6 is 7.82 Å². The van der Waals surface area contributed by atoms with Crippen LogP contribution in [0.2, 0.25) is 0 Å². The lowest BCUT2D eigenvalue weighted by Gasteiger charge is -2.19. The van der Waals surface area contributed by atoms with Gasteiger partial charge in [-0.1, -0.05) is 120 Å². The topological polar surface area (TPSA) is 117 Å². The molecule has 0 fully saturated rings. The summed E-state index contributed by atoms with van der Waals surface area (Å²) < 4.78 is 33.0. The molecule has 50 heavy (non-hydrogen) atoms. The number of allylic oxidation sites excluding steroid dienone is 9. The normalized spacial score (nSPS) is 14.2. The van der Waals surface area contributed by atoms with Crippen LogP contribution in [0, 0.1) is 0 Å². The zero-order valence-electron chi connectivity index (χ0n) is 31.9. The van der Waals surface area contributed by atoms with E-state index in [1.54, 1.807) is 6.26 Å². The molecule has 0 heterocycles. The van der Waals surface area contributed by atoms with Crippen LogP contribution in [0.1, 0.15) is 162 Å². The minimum Gasteiger partial charge on any atom is -0.498 e. The Kier molecular flexibility index (Phi) is 36.8. The summed E-state index contributed by atoms with van der Waals surface area (Å²) in [5.74, 6) is -0.395. The molecule has 9 heteroatoms. The molecule has 0 amide bonds. The summed E-state index contributed by atoms with van der Waals surface area (Å²) in [7, 11) is -4.30. The lowest BCUT2D eigenvalue weighted by atomic mass is 10.1. The number of unbranched alkanes of at least 4 members (excludes halogenated alkanes) is 16. The highest BCUT2D eigenvalue weighted by Gasteiger charge is 2.25. The Hall–Kier alpha value is -1.96. The van der Waals surface area contributed by atoms with Crippen molar-refractivity contribution in [3.63, 3.8) is 0 Å². The monoisotopic (exact) mass is 724 g/mol. The average molecular weight is 724 g/mol. The van der Waals surface area contributed by atoms with Gasteiger partial charge in [-0.2, -0.15) is 0 Å². The number of hydrogen-bond donors (Lipinski definition) is 2. The number of hydrogen-bond acceptors (Lipinski definition) is 7. The first kappa shape index (κ1) is 48.0. The molecule has 0 rings (SSSR count). The molecule has 2 atom stereocenters. The Morgan fingerprint density at radius 1 is 0.620 bits per heavy atom. The van der Waals surface area contributed by atoms with Gasteiger partial charge >= 0.3 is 13.8 Å². The van der Waals surface area contributed by atoms with Crippen molar-refractivity contribution in [2.75, 3.05) is 26.4 Å². The van der Waals surface area contributed by atoms with E-state index in [1.165, 1.54) is 89.9 Å². The molecule has 0 aromatic carbocycles. The van der Waals surface area contributed by atoms with Crippen LogP contribution in [0.25, 0.3) is 0 Å². The third kappa shape index (κ3) is 37.3. The van der Waals surface area contributed by atoms with E-state index in [9.17, 15) is 14.3 Å². The highest BCUT2D eigenvalue weighted by atomic mass is 31.2. The van der Waals surface area contributed by atoms with Gasteiger partial charge in [-0.05, 0) is 89.5 Å². The van der Waals surface area contributed by atoms with Crippen LogP contribution in [0.15, 0.2) is 60.9 Å². The number of carbonyl (C=O) groups excluding carboxylic acids is 1. The molecule has 0 aliphatic carbocycles. The summed E-state index contributed by atoms with van der Waals surface area (Å²) >= 11 is 0. The maximum absolute atomic E-state index is 12.5. The molecular weight excluding hydrogens is 649 g/mol. The van der Waals surface area contributed by atoms with Gasteiger partial charge < -0.3 is 20.1 Å². The van der Waals surface area contributed by atoms with Crippen molar-refractivity contribution in [2.45, 2.75) is 168 Å². The quantitative estimate of drug-likeness (QED) is 0.0214. The second-order valence-corrected chi connectivity index (χ2v) is 14.3. The number of carbonyl (C=O) groups is 1. The number of phosphoric acid groups is 1. The summed E-state index contributed by atoms with van der Waals surface area (Å²) in [6.07, 6.45) is 46.1. The Bertz CT molecular complexity index is 947. The maximum atomic E-state index is 12.5. The fourth-order valence-corrected chi connectivity index (χ4v) is 5.79. The molecule has 290 valence electrons. The number of nitrogens with two attached hydrogens (primary N) is 1. The summed E-state index contributed by atoms with van der Waals surface area (Å²) in [6, 6.07) is 0. The third-order valence-corrected chi connectivity index (χ3v) is 8.96. The van der Waals surface area contributed by atoms with E-state index in [0.29, 0.717) is 6.42 Å². The molecule has 0 spiro atoms. The van der Waals surface area contributed by atoms with E-state index < -0.39 is 19.9 Å². The smallest absolute Gasteiger partial charge is 0.472 e. The Labute approximate surface area is 306 Å². The van der Waals surface area contributed by atoms with Crippen molar-refractivity contribution >= 4 is 13.8 Å². The maximum Gasteiger partial charge on any atom is 0.472 e. The standard InChI is InChI=1S/C41H74NO7P/c1-3-5-7-9-11-13-15-17-19-21-23-25-27-29-31-33-36-46-38-40(39-48-50(44,45)47-37-35-42)49-41(43)34-32-30-28-26-24-22-20-18-16-14-12-10-8-6-4-2/h12,14,17-20,24,26,33,36,40H,3-11,13,15-16,21-23,25,27-32,34-35,37-39,42H2,1-2H3,(H,44,45)/b14-12-,19-17-,20-18-,26-24-,36-33-/t40-/m1/s1. The highest BCUT2D eigenvalue weighted by Crippen LogP contribution is 2.43. The Morgan fingerprint density at radius 2 is 1.08 bits per heavy atom. The fraction of sp³-hybridized carbons (Fsp3) is 0.732. The molecule has 0 aromatic heterocycles. The summed E-state index contributed by atoms with van der Waals surface area (Å²) in [4.78, 5) is 22.4. The van der Waals surface area contributed by atoms with Crippen molar-refractivity contribution in [2.24, 2.45) is 5.73 Å². The lowest BCUT2D eigenvalue weighted by Crippen LogP contribution is -2.27. The molecule has 0 aliphatic rings. The molecular formula is C41H74NO7P. The van der Waals surface area contributed by atoms with E-state index in [4.69, 9.17) is 24.3 Å². The minimum atomic E-state index is -4.30. The fourth-order valence-electron chi connectivity index (χ4n) is 5.02. The van der Waals surface area contributed by atoms with Crippen molar-refractivity contribution in [1.82, 2.24) is 0 Å².